The average Bonchev–Trinajstić information content (AvgIpc) is 3.07. The number of nitrogens with zero attached hydrogens (tertiary/aromatic N) is 4. The molecular weight excluding hydrogens is 397 g/mol. The SMILES string of the molecule is Cc1nn(C(C)C(=O)Nc2c(C)nn(Cc3ccc(Cl)cc3)c2C)c(C)c1Cl. The average molecular weight is 420 g/mol. The Hall–Kier alpha value is -2.31. The number of rotatable bonds is 5. The third-order valence-corrected chi connectivity index (χ3v) is 5.66. The molecule has 0 fully saturated rings. The van der Waals surface area contributed by atoms with Crippen LogP contribution in [-0.4, -0.2) is 25.5 Å². The lowest BCUT2D eigenvalue weighted by atomic mass is 10.2. The van der Waals surface area contributed by atoms with Crippen LogP contribution in [0.5, 0.6) is 0 Å². The molecule has 0 aliphatic rings. The molecule has 0 aliphatic carbocycles. The highest BCUT2D eigenvalue weighted by Gasteiger charge is 2.23. The maximum Gasteiger partial charge on any atom is 0.249 e. The first kappa shape index (κ1) is 20.4. The Kier molecular flexibility index (Phi) is 5.82. The Labute approximate surface area is 174 Å². The van der Waals surface area contributed by atoms with Gasteiger partial charge in [-0.2, -0.15) is 10.2 Å². The second-order valence-corrected chi connectivity index (χ2v) is 7.74. The molecule has 8 heteroatoms. The van der Waals surface area contributed by atoms with Gasteiger partial charge in [-0.25, -0.2) is 0 Å². The molecule has 3 rings (SSSR count). The number of amides is 1. The number of nitrogens with one attached hydrogen (secondary N) is 1. The van der Waals surface area contributed by atoms with Crippen molar-refractivity contribution in [3.63, 3.8) is 0 Å². The Balaban J connectivity index is 1.80. The summed E-state index contributed by atoms with van der Waals surface area (Å²) in [5.74, 6) is -0.167. The Bertz CT molecular complexity index is 1020. The number of anilines is 1. The molecule has 0 bridgehead atoms. The first-order valence-corrected chi connectivity index (χ1v) is 9.75. The van der Waals surface area contributed by atoms with Gasteiger partial charge < -0.3 is 5.32 Å². The van der Waals surface area contributed by atoms with Crippen molar-refractivity contribution < 1.29 is 4.79 Å². The molecule has 2 aromatic heterocycles. The zero-order valence-electron chi connectivity index (χ0n) is 16.5. The minimum absolute atomic E-state index is 0.167. The molecule has 3 aromatic rings. The van der Waals surface area contributed by atoms with Crippen molar-refractivity contribution in [1.82, 2.24) is 19.6 Å². The highest BCUT2D eigenvalue weighted by atomic mass is 35.5. The van der Waals surface area contributed by atoms with E-state index in [1.165, 1.54) is 0 Å². The fourth-order valence-corrected chi connectivity index (χ4v) is 3.40. The summed E-state index contributed by atoms with van der Waals surface area (Å²) in [6, 6.07) is 7.14. The maximum atomic E-state index is 12.8. The molecule has 0 aliphatic heterocycles. The van der Waals surface area contributed by atoms with Gasteiger partial charge in [0.2, 0.25) is 5.91 Å². The molecular formula is C20H23Cl2N5O. The van der Waals surface area contributed by atoms with Crippen LogP contribution in [0.15, 0.2) is 24.3 Å². The Morgan fingerprint density at radius 3 is 2.25 bits per heavy atom. The molecule has 0 saturated heterocycles. The monoisotopic (exact) mass is 419 g/mol. The van der Waals surface area contributed by atoms with E-state index in [-0.39, 0.29) is 5.91 Å². The highest BCUT2D eigenvalue weighted by Crippen LogP contribution is 2.25. The summed E-state index contributed by atoms with van der Waals surface area (Å²) in [6.45, 7) is 9.90. The second-order valence-electron chi connectivity index (χ2n) is 6.92. The van der Waals surface area contributed by atoms with Crippen LogP contribution in [0, 0.1) is 27.7 Å². The number of carbonyl (C=O) groups is 1. The summed E-state index contributed by atoms with van der Waals surface area (Å²) in [5.41, 5.74) is 4.94. The van der Waals surface area contributed by atoms with E-state index in [0.29, 0.717) is 22.3 Å². The summed E-state index contributed by atoms with van der Waals surface area (Å²) in [5, 5.41) is 13.2. The van der Waals surface area contributed by atoms with Gasteiger partial charge in [0, 0.05) is 5.02 Å². The van der Waals surface area contributed by atoms with Gasteiger partial charge in [-0.1, -0.05) is 35.3 Å². The number of aryl methyl sites for hydroxylation is 2. The van der Waals surface area contributed by atoms with E-state index in [1.807, 2.05) is 56.6 Å². The van der Waals surface area contributed by atoms with Gasteiger partial charge in [-0.3, -0.25) is 14.2 Å². The molecule has 28 heavy (non-hydrogen) atoms. The summed E-state index contributed by atoms with van der Waals surface area (Å²) in [7, 11) is 0. The summed E-state index contributed by atoms with van der Waals surface area (Å²) in [6.07, 6.45) is 0. The van der Waals surface area contributed by atoms with Crippen LogP contribution in [-0.2, 0) is 11.3 Å². The molecule has 1 aromatic carbocycles. The zero-order chi connectivity index (χ0) is 20.6. The van der Waals surface area contributed by atoms with Crippen molar-refractivity contribution in [3.05, 3.63) is 62.6 Å². The lowest BCUT2D eigenvalue weighted by molar-refractivity contribution is -0.119. The molecule has 2 heterocycles. The summed E-state index contributed by atoms with van der Waals surface area (Å²) >= 11 is 12.2. The largest absolute Gasteiger partial charge is 0.321 e. The van der Waals surface area contributed by atoms with Crippen LogP contribution < -0.4 is 5.32 Å². The third kappa shape index (κ3) is 3.93. The van der Waals surface area contributed by atoms with Gasteiger partial charge in [0.05, 0.1) is 40.0 Å². The Morgan fingerprint density at radius 1 is 1.04 bits per heavy atom. The third-order valence-electron chi connectivity index (χ3n) is 4.86. The van der Waals surface area contributed by atoms with Crippen molar-refractivity contribution in [2.75, 3.05) is 5.32 Å². The van der Waals surface area contributed by atoms with Gasteiger partial charge in [0.15, 0.2) is 0 Å². The van der Waals surface area contributed by atoms with Gasteiger partial charge in [0.25, 0.3) is 0 Å². The van der Waals surface area contributed by atoms with E-state index in [2.05, 4.69) is 15.5 Å². The van der Waals surface area contributed by atoms with Crippen LogP contribution in [0.3, 0.4) is 0 Å². The number of benzene rings is 1. The van der Waals surface area contributed by atoms with E-state index in [0.717, 1.165) is 28.3 Å². The first-order valence-electron chi connectivity index (χ1n) is 8.99. The predicted molar refractivity (Wildman–Crippen MR) is 112 cm³/mol. The van der Waals surface area contributed by atoms with E-state index < -0.39 is 6.04 Å². The minimum Gasteiger partial charge on any atom is -0.321 e. The van der Waals surface area contributed by atoms with Crippen LogP contribution in [0.4, 0.5) is 5.69 Å². The smallest absolute Gasteiger partial charge is 0.249 e. The lowest BCUT2D eigenvalue weighted by Crippen LogP contribution is -2.25. The Morgan fingerprint density at radius 2 is 1.68 bits per heavy atom. The van der Waals surface area contributed by atoms with Crippen LogP contribution in [0.2, 0.25) is 10.0 Å². The molecule has 0 radical (unpaired) electrons. The molecule has 1 unspecified atom stereocenters. The van der Waals surface area contributed by atoms with Gasteiger partial charge in [-0.05, 0) is 52.3 Å². The molecule has 1 N–H and O–H groups in total. The summed E-state index contributed by atoms with van der Waals surface area (Å²) in [4.78, 5) is 12.8. The van der Waals surface area contributed by atoms with E-state index in [1.54, 1.807) is 11.6 Å². The summed E-state index contributed by atoms with van der Waals surface area (Å²) < 4.78 is 3.52. The zero-order valence-corrected chi connectivity index (χ0v) is 18.1. The van der Waals surface area contributed by atoms with Crippen molar-refractivity contribution in [2.45, 2.75) is 47.2 Å². The number of hydrogen-bond acceptors (Lipinski definition) is 3. The molecule has 0 spiro atoms. The van der Waals surface area contributed by atoms with Crippen LogP contribution in [0.1, 0.15) is 41.3 Å². The topological polar surface area (TPSA) is 64.7 Å². The van der Waals surface area contributed by atoms with Gasteiger partial charge in [0.1, 0.15) is 6.04 Å². The highest BCUT2D eigenvalue weighted by molar-refractivity contribution is 6.31. The van der Waals surface area contributed by atoms with Crippen molar-refractivity contribution in [2.24, 2.45) is 0 Å². The number of halogens is 2. The van der Waals surface area contributed by atoms with Crippen LogP contribution in [0.25, 0.3) is 0 Å². The standard InChI is InChI=1S/C20H23Cl2N5O/c1-11-18(22)13(3)27(25-11)15(5)20(28)23-19-12(2)24-26(14(19)4)10-16-6-8-17(21)9-7-16/h6-9,15H,10H2,1-5H3,(H,23,28). The van der Waals surface area contributed by atoms with Crippen molar-refractivity contribution in [3.8, 4) is 0 Å². The predicted octanol–water partition coefficient (Wildman–Crippen LogP) is 4.87. The second kappa shape index (κ2) is 7.97. The van der Waals surface area contributed by atoms with Crippen molar-refractivity contribution in [1.29, 1.82) is 0 Å². The molecule has 6 nitrogen and oxygen atoms in total. The number of hydrogen-bond donors (Lipinski definition) is 1. The van der Waals surface area contributed by atoms with E-state index in [9.17, 15) is 4.79 Å². The molecule has 1 atom stereocenters. The minimum atomic E-state index is -0.496. The van der Waals surface area contributed by atoms with Gasteiger partial charge >= 0.3 is 0 Å². The number of aromatic nitrogens is 4. The molecule has 148 valence electrons. The lowest BCUT2D eigenvalue weighted by Gasteiger charge is -2.15. The quantitative estimate of drug-likeness (QED) is 0.641. The van der Waals surface area contributed by atoms with E-state index in [4.69, 9.17) is 23.2 Å². The maximum absolute atomic E-state index is 12.8. The fraction of sp³-hybridized carbons (Fsp3) is 0.350. The van der Waals surface area contributed by atoms with Crippen LogP contribution >= 0.6 is 23.2 Å². The number of carbonyl (C=O) groups excluding carboxylic acids is 1. The fourth-order valence-electron chi connectivity index (χ4n) is 3.15. The normalized spacial score (nSPS) is 12.2. The molecule has 0 saturated carbocycles. The van der Waals surface area contributed by atoms with Gasteiger partial charge in [-0.15, -0.1) is 0 Å². The first-order chi connectivity index (χ1) is 13.2. The van der Waals surface area contributed by atoms with E-state index >= 15 is 0 Å². The van der Waals surface area contributed by atoms with Crippen molar-refractivity contribution >= 4 is 34.8 Å². The molecule has 1 amide bonds.